The van der Waals surface area contributed by atoms with Crippen LogP contribution in [0.25, 0.3) is 0 Å². The summed E-state index contributed by atoms with van der Waals surface area (Å²) < 4.78 is 10.7. The summed E-state index contributed by atoms with van der Waals surface area (Å²) in [5.74, 6) is -0.0185. The Labute approximate surface area is 166 Å². The summed E-state index contributed by atoms with van der Waals surface area (Å²) in [4.78, 5) is 34.5. The molecule has 9 nitrogen and oxygen atoms in total. The summed E-state index contributed by atoms with van der Waals surface area (Å²) in [6.07, 6.45) is 2.16. The minimum atomic E-state index is -0.513. The number of esters is 1. The number of carbonyl (C=O) groups is 2. The van der Waals surface area contributed by atoms with Crippen LogP contribution in [-0.2, 0) is 22.4 Å². The van der Waals surface area contributed by atoms with Gasteiger partial charge in [-0.3, -0.25) is 14.9 Å². The number of nitro benzene ring substituents is 1. The van der Waals surface area contributed by atoms with Gasteiger partial charge in [-0.1, -0.05) is 12.1 Å². The molecule has 1 aromatic heterocycles. The molecule has 0 atom stereocenters. The first kappa shape index (κ1) is 20.2. The van der Waals surface area contributed by atoms with E-state index in [0.29, 0.717) is 35.4 Å². The van der Waals surface area contributed by atoms with Crippen LogP contribution in [0.3, 0.4) is 0 Å². The van der Waals surface area contributed by atoms with Crippen molar-refractivity contribution in [2.24, 2.45) is 5.10 Å². The number of hydrazone groups is 1. The number of nitro groups is 1. The van der Waals surface area contributed by atoms with Crippen molar-refractivity contribution < 1.29 is 23.7 Å². The smallest absolute Gasteiger partial charge is 0.374 e. The van der Waals surface area contributed by atoms with Gasteiger partial charge in [0.05, 0.1) is 23.7 Å². The van der Waals surface area contributed by atoms with Crippen LogP contribution in [0, 0.1) is 17.0 Å². The van der Waals surface area contributed by atoms with E-state index in [9.17, 15) is 19.7 Å². The number of nitrogens with zero attached hydrogens (tertiary/aromatic N) is 2. The van der Waals surface area contributed by atoms with Gasteiger partial charge in [0.1, 0.15) is 5.76 Å². The highest BCUT2D eigenvalue weighted by Gasteiger charge is 2.28. The molecule has 1 N–H and O–H groups in total. The molecule has 0 aliphatic heterocycles. The zero-order valence-corrected chi connectivity index (χ0v) is 16.2. The number of ether oxygens (including phenoxy) is 1. The highest BCUT2D eigenvalue weighted by atomic mass is 16.6. The summed E-state index contributed by atoms with van der Waals surface area (Å²) in [5.41, 5.74) is 5.19. The summed E-state index contributed by atoms with van der Waals surface area (Å²) in [6.45, 7) is 3.75. The third-order valence-corrected chi connectivity index (χ3v) is 4.61. The van der Waals surface area contributed by atoms with Crippen LogP contribution in [0.5, 0.6) is 0 Å². The van der Waals surface area contributed by atoms with Gasteiger partial charge in [0.15, 0.2) is 0 Å². The van der Waals surface area contributed by atoms with Gasteiger partial charge in [-0.05, 0) is 32.3 Å². The Morgan fingerprint density at radius 1 is 1.28 bits per heavy atom. The van der Waals surface area contributed by atoms with Gasteiger partial charge in [-0.2, -0.15) is 5.10 Å². The molecule has 2 aromatic rings. The number of non-ortho nitro benzene ring substituents is 1. The Morgan fingerprint density at radius 3 is 2.66 bits per heavy atom. The Morgan fingerprint density at radius 2 is 2.00 bits per heavy atom. The molecule has 1 heterocycles. The molecular formula is C20H21N3O6. The molecule has 0 saturated carbocycles. The monoisotopic (exact) mass is 399 g/mol. The lowest BCUT2D eigenvalue weighted by Crippen LogP contribution is -2.23. The second-order valence-electron chi connectivity index (χ2n) is 6.62. The molecule has 3 rings (SSSR count). The van der Waals surface area contributed by atoms with Crippen LogP contribution in [0.4, 0.5) is 5.69 Å². The van der Waals surface area contributed by atoms with Crippen LogP contribution in [0.15, 0.2) is 33.8 Å². The number of carbonyl (C=O) groups excluding carboxylic acids is 2. The van der Waals surface area contributed by atoms with Gasteiger partial charge in [0.25, 0.3) is 5.69 Å². The molecule has 9 heteroatoms. The average molecular weight is 399 g/mol. The highest BCUT2D eigenvalue weighted by molar-refractivity contribution is 6.06. The molecular weight excluding hydrogens is 378 g/mol. The second kappa shape index (κ2) is 8.68. The summed E-state index contributed by atoms with van der Waals surface area (Å²) in [7, 11) is 0. The van der Waals surface area contributed by atoms with Crippen LogP contribution in [-0.4, -0.2) is 29.1 Å². The van der Waals surface area contributed by atoms with Crippen LogP contribution >= 0.6 is 0 Å². The van der Waals surface area contributed by atoms with E-state index >= 15 is 0 Å². The van der Waals surface area contributed by atoms with E-state index in [-0.39, 0.29) is 30.4 Å². The number of benzene rings is 1. The van der Waals surface area contributed by atoms with Gasteiger partial charge < -0.3 is 9.15 Å². The zero-order valence-electron chi connectivity index (χ0n) is 16.2. The first-order chi connectivity index (χ1) is 13.9. The predicted octanol–water partition coefficient (Wildman–Crippen LogP) is 3.07. The molecule has 0 spiro atoms. The largest absolute Gasteiger partial charge is 0.460 e. The van der Waals surface area contributed by atoms with Gasteiger partial charge >= 0.3 is 5.97 Å². The highest BCUT2D eigenvalue weighted by Crippen LogP contribution is 2.30. The number of amides is 1. The van der Waals surface area contributed by atoms with Crippen molar-refractivity contribution in [2.45, 2.75) is 39.5 Å². The molecule has 0 unspecified atom stereocenters. The van der Waals surface area contributed by atoms with Gasteiger partial charge in [0.2, 0.25) is 11.7 Å². The van der Waals surface area contributed by atoms with Crippen LogP contribution < -0.4 is 5.43 Å². The number of aryl methyl sites for hydroxylation is 1. The fraction of sp³-hybridized carbons (Fsp3) is 0.350. The van der Waals surface area contributed by atoms with E-state index in [2.05, 4.69) is 10.5 Å². The second-order valence-corrected chi connectivity index (χ2v) is 6.62. The van der Waals surface area contributed by atoms with Crippen molar-refractivity contribution in [2.75, 3.05) is 6.61 Å². The summed E-state index contributed by atoms with van der Waals surface area (Å²) in [6, 6.07) is 5.78. The maximum Gasteiger partial charge on any atom is 0.374 e. The molecule has 152 valence electrons. The average Bonchev–Trinajstić information content (AvgIpc) is 3.04. The molecule has 0 radical (unpaired) electrons. The zero-order chi connectivity index (χ0) is 21.0. The van der Waals surface area contributed by atoms with Gasteiger partial charge in [-0.15, -0.1) is 0 Å². The first-order valence-electron chi connectivity index (χ1n) is 9.29. The number of fused-ring (bicyclic) bond motifs is 1. The fourth-order valence-corrected chi connectivity index (χ4v) is 3.26. The molecule has 1 aliphatic carbocycles. The van der Waals surface area contributed by atoms with E-state index in [1.807, 2.05) is 0 Å². The van der Waals surface area contributed by atoms with Crippen molar-refractivity contribution in [1.82, 2.24) is 5.43 Å². The van der Waals surface area contributed by atoms with E-state index in [1.165, 1.54) is 24.3 Å². The number of hydrogen-bond donors (Lipinski definition) is 1. The molecule has 1 aliphatic rings. The van der Waals surface area contributed by atoms with Crippen molar-refractivity contribution >= 4 is 23.3 Å². The third kappa shape index (κ3) is 4.50. The van der Waals surface area contributed by atoms with E-state index in [4.69, 9.17) is 9.15 Å². The Hall–Kier alpha value is -3.49. The quantitative estimate of drug-likeness (QED) is 0.452. The number of rotatable bonds is 6. The standard InChI is InChI=1S/C20H21N3O6/c1-3-28-20(25)19-12(2)18-15(5-4-6-16(18)29-19)21-22-17(24)11-13-7-9-14(10-8-13)23(26)27/h7-10H,3-6,11H2,1-2H3,(H,22,24)/b21-15+. The van der Waals surface area contributed by atoms with Crippen molar-refractivity contribution in [3.05, 3.63) is 62.6 Å². The SMILES string of the molecule is CCOC(=O)c1oc2c(c1C)/C(=N/NC(=O)Cc1ccc([N+](=O)[O-])cc1)CCC2. The Kier molecular flexibility index (Phi) is 6.06. The molecule has 0 saturated heterocycles. The summed E-state index contributed by atoms with van der Waals surface area (Å²) in [5, 5.41) is 14.9. The van der Waals surface area contributed by atoms with E-state index in [0.717, 1.165) is 12.0 Å². The number of hydrogen-bond acceptors (Lipinski definition) is 7. The van der Waals surface area contributed by atoms with Gasteiger partial charge in [0, 0.05) is 29.7 Å². The van der Waals surface area contributed by atoms with E-state index in [1.54, 1.807) is 13.8 Å². The van der Waals surface area contributed by atoms with Crippen molar-refractivity contribution in [3.63, 3.8) is 0 Å². The predicted molar refractivity (Wildman–Crippen MR) is 104 cm³/mol. The normalized spacial score (nSPS) is 14.3. The van der Waals surface area contributed by atoms with Crippen molar-refractivity contribution in [3.8, 4) is 0 Å². The molecule has 0 fully saturated rings. The van der Waals surface area contributed by atoms with Crippen LogP contribution in [0.1, 0.15) is 52.8 Å². The fourth-order valence-electron chi connectivity index (χ4n) is 3.26. The van der Waals surface area contributed by atoms with E-state index < -0.39 is 10.9 Å². The Bertz CT molecular complexity index is 975. The molecule has 29 heavy (non-hydrogen) atoms. The topological polar surface area (TPSA) is 124 Å². The molecule has 1 aromatic carbocycles. The van der Waals surface area contributed by atoms with Gasteiger partial charge in [-0.25, -0.2) is 10.2 Å². The minimum absolute atomic E-state index is 0.0306. The third-order valence-electron chi connectivity index (χ3n) is 4.61. The lowest BCUT2D eigenvalue weighted by Gasteiger charge is -2.13. The Balaban J connectivity index is 1.72. The number of furan rings is 1. The lowest BCUT2D eigenvalue weighted by molar-refractivity contribution is -0.384. The van der Waals surface area contributed by atoms with Crippen molar-refractivity contribution in [1.29, 1.82) is 0 Å². The maximum atomic E-state index is 12.2. The molecule has 1 amide bonds. The summed E-state index contributed by atoms with van der Waals surface area (Å²) >= 11 is 0. The first-order valence-corrected chi connectivity index (χ1v) is 9.29. The maximum absolute atomic E-state index is 12.2. The minimum Gasteiger partial charge on any atom is -0.460 e. The molecule has 0 bridgehead atoms. The number of nitrogens with one attached hydrogen (secondary N) is 1. The lowest BCUT2D eigenvalue weighted by atomic mass is 9.93. The van der Waals surface area contributed by atoms with Crippen LogP contribution in [0.2, 0.25) is 0 Å².